The Bertz CT molecular complexity index is 1300. The fourth-order valence-corrected chi connectivity index (χ4v) is 3.35. The van der Waals surface area contributed by atoms with Crippen molar-refractivity contribution >= 4 is 28.4 Å². The molecule has 0 aliphatic heterocycles. The summed E-state index contributed by atoms with van der Waals surface area (Å²) >= 11 is 0. The molecule has 162 valence electrons. The van der Waals surface area contributed by atoms with Crippen molar-refractivity contribution in [3.05, 3.63) is 94.7 Å². The highest BCUT2D eigenvalue weighted by Crippen LogP contribution is 2.21. The van der Waals surface area contributed by atoms with E-state index in [0.29, 0.717) is 35.4 Å². The zero-order valence-corrected chi connectivity index (χ0v) is 17.3. The highest BCUT2D eigenvalue weighted by Gasteiger charge is 2.14. The number of rotatable bonds is 6. The number of urea groups is 1. The van der Waals surface area contributed by atoms with E-state index < -0.39 is 17.5 Å². The van der Waals surface area contributed by atoms with Crippen LogP contribution in [-0.2, 0) is 13.0 Å². The number of carbonyl (C=O) groups excluding carboxylic acids is 1. The Morgan fingerprint density at radius 3 is 2.44 bits per heavy atom. The number of benzene rings is 3. The van der Waals surface area contributed by atoms with E-state index in [-0.39, 0.29) is 0 Å². The van der Waals surface area contributed by atoms with Gasteiger partial charge in [-0.3, -0.25) is 9.88 Å². The predicted octanol–water partition coefficient (Wildman–Crippen LogP) is 4.43. The second-order valence-corrected chi connectivity index (χ2v) is 7.10. The fraction of sp³-hybridized carbons (Fsp3) is 0.125. The third-order valence-corrected chi connectivity index (χ3v) is 4.99. The number of anilines is 2. The molecule has 0 fully saturated rings. The number of methoxy groups -OCH3 is 1. The van der Waals surface area contributed by atoms with Crippen molar-refractivity contribution < 1.29 is 13.9 Å². The summed E-state index contributed by atoms with van der Waals surface area (Å²) in [7, 11) is 1.60. The lowest BCUT2D eigenvalue weighted by Gasteiger charge is -2.16. The van der Waals surface area contributed by atoms with Crippen molar-refractivity contribution in [2.75, 3.05) is 17.7 Å². The number of nitrogens with one attached hydrogen (secondary N) is 2. The summed E-state index contributed by atoms with van der Waals surface area (Å²) < 4.78 is 19.7. The van der Waals surface area contributed by atoms with Crippen molar-refractivity contribution in [3.63, 3.8) is 0 Å². The van der Waals surface area contributed by atoms with Gasteiger partial charge in [-0.25, -0.2) is 14.0 Å². The van der Waals surface area contributed by atoms with Crippen LogP contribution in [0.3, 0.4) is 0 Å². The van der Waals surface area contributed by atoms with Crippen LogP contribution in [0.15, 0.2) is 77.6 Å². The van der Waals surface area contributed by atoms with Gasteiger partial charge in [0.05, 0.1) is 12.6 Å². The standard InChI is InChI=1S/C24H21FN4O3/c1-32-19-12-6-16(7-13-19)14-15-29-22(20-4-2-3-5-21(20)27-24(29)31)28-23(30)26-18-10-8-17(25)9-11-18/h2-13H,14-15H2,1H3,(H2,26,28,30). The molecule has 0 unspecified atom stereocenters. The van der Waals surface area contributed by atoms with Gasteiger partial charge in [0.25, 0.3) is 0 Å². The third kappa shape index (κ3) is 4.75. The second kappa shape index (κ2) is 9.30. The van der Waals surface area contributed by atoms with Gasteiger partial charge in [0.2, 0.25) is 0 Å². The molecule has 2 amide bonds. The Balaban J connectivity index is 1.63. The maximum absolute atomic E-state index is 13.1. The minimum Gasteiger partial charge on any atom is -0.497 e. The van der Waals surface area contributed by atoms with E-state index in [1.54, 1.807) is 25.3 Å². The molecule has 1 aromatic heterocycles. The number of nitrogens with zero attached hydrogens (tertiary/aromatic N) is 2. The molecule has 0 atom stereocenters. The Morgan fingerprint density at radius 2 is 1.72 bits per heavy atom. The van der Waals surface area contributed by atoms with Crippen LogP contribution in [0.1, 0.15) is 5.56 Å². The summed E-state index contributed by atoms with van der Waals surface area (Å²) in [5, 5.41) is 6.06. The summed E-state index contributed by atoms with van der Waals surface area (Å²) in [4.78, 5) is 29.6. The van der Waals surface area contributed by atoms with Gasteiger partial charge in [-0.15, -0.1) is 0 Å². The van der Waals surface area contributed by atoms with E-state index in [4.69, 9.17) is 4.74 Å². The average Bonchev–Trinajstić information content (AvgIpc) is 2.80. The Morgan fingerprint density at radius 1 is 1.00 bits per heavy atom. The Hall–Kier alpha value is -4.20. The summed E-state index contributed by atoms with van der Waals surface area (Å²) in [6.07, 6.45) is 0.554. The molecule has 4 rings (SSSR count). The first-order chi connectivity index (χ1) is 15.5. The van der Waals surface area contributed by atoms with Gasteiger partial charge in [0.1, 0.15) is 17.4 Å². The smallest absolute Gasteiger partial charge is 0.349 e. The van der Waals surface area contributed by atoms with Crippen LogP contribution in [0, 0.1) is 5.82 Å². The van der Waals surface area contributed by atoms with E-state index in [9.17, 15) is 14.0 Å². The maximum atomic E-state index is 13.1. The molecule has 0 radical (unpaired) electrons. The molecular formula is C24H21FN4O3. The summed E-state index contributed by atoms with van der Waals surface area (Å²) in [6.45, 7) is 0.315. The molecule has 0 spiro atoms. The maximum Gasteiger partial charge on any atom is 0.349 e. The molecule has 7 nitrogen and oxygen atoms in total. The average molecular weight is 432 g/mol. The lowest BCUT2D eigenvalue weighted by molar-refractivity contribution is 0.262. The van der Waals surface area contributed by atoms with Crippen molar-refractivity contribution in [1.29, 1.82) is 0 Å². The molecule has 0 saturated carbocycles. The van der Waals surface area contributed by atoms with Gasteiger partial charge in [0.15, 0.2) is 0 Å². The summed E-state index contributed by atoms with van der Waals surface area (Å²) in [6, 6.07) is 19.5. The molecular weight excluding hydrogens is 411 g/mol. The molecule has 2 N–H and O–H groups in total. The Labute approximate surface area is 183 Å². The molecule has 1 heterocycles. The van der Waals surface area contributed by atoms with E-state index in [0.717, 1.165) is 11.3 Å². The first-order valence-electron chi connectivity index (χ1n) is 9.99. The van der Waals surface area contributed by atoms with Crippen LogP contribution in [-0.4, -0.2) is 22.7 Å². The highest BCUT2D eigenvalue weighted by atomic mass is 19.1. The summed E-state index contributed by atoms with van der Waals surface area (Å²) in [5.41, 5.74) is 1.45. The molecule has 0 bridgehead atoms. The zero-order chi connectivity index (χ0) is 22.5. The summed E-state index contributed by atoms with van der Waals surface area (Å²) in [5.74, 6) is 0.690. The first-order valence-corrected chi connectivity index (χ1v) is 9.99. The highest BCUT2D eigenvalue weighted by molar-refractivity contribution is 6.04. The van der Waals surface area contributed by atoms with E-state index >= 15 is 0 Å². The minimum absolute atomic E-state index is 0.315. The second-order valence-electron chi connectivity index (χ2n) is 7.10. The van der Waals surface area contributed by atoms with Gasteiger partial charge in [0, 0.05) is 17.6 Å². The number of ether oxygens (including phenoxy) is 1. The quantitative estimate of drug-likeness (QED) is 0.472. The van der Waals surface area contributed by atoms with E-state index in [1.165, 1.54) is 28.8 Å². The van der Waals surface area contributed by atoms with E-state index in [2.05, 4.69) is 15.6 Å². The molecule has 0 aliphatic carbocycles. The number of aryl methyl sites for hydroxylation is 1. The van der Waals surface area contributed by atoms with Crippen molar-refractivity contribution in [2.24, 2.45) is 0 Å². The van der Waals surface area contributed by atoms with Crippen LogP contribution in [0.5, 0.6) is 5.75 Å². The van der Waals surface area contributed by atoms with Gasteiger partial charge in [-0.05, 0) is 60.5 Å². The number of fused-ring (bicyclic) bond motifs is 1. The van der Waals surface area contributed by atoms with Gasteiger partial charge in [-0.2, -0.15) is 4.98 Å². The fourth-order valence-electron chi connectivity index (χ4n) is 3.35. The van der Waals surface area contributed by atoms with Crippen molar-refractivity contribution in [1.82, 2.24) is 9.55 Å². The van der Waals surface area contributed by atoms with Gasteiger partial charge < -0.3 is 10.1 Å². The van der Waals surface area contributed by atoms with Gasteiger partial charge >= 0.3 is 11.7 Å². The van der Waals surface area contributed by atoms with Crippen LogP contribution in [0.2, 0.25) is 0 Å². The lowest BCUT2D eigenvalue weighted by atomic mass is 10.1. The van der Waals surface area contributed by atoms with Crippen molar-refractivity contribution in [3.8, 4) is 5.75 Å². The lowest BCUT2D eigenvalue weighted by Crippen LogP contribution is -2.30. The number of para-hydroxylation sites is 1. The predicted molar refractivity (Wildman–Crippen MR) is 122 cm³/mol. The van der Waals surface area contributed by atoms with E-state index in [1.807, 2.05) is 30.3 Å². The third-order valence-electron chi connectivity index (χ3n) is 4.99. The number of amides is 2. The molecule has 4 aromatic rings. The normalized spacial score (nSPS) is 10.7. The van der Waals surface area contributed by atoms with Gasteiger partial charge in [-0.1, -0.05) is 24.3 Å². The topological polar surface area (TPSA) is 85.2 Å². The molecule has 8 heteroatoms. The van der Waals surface area contributed by atoms with Crippen LogP contribution < -0.4 is 21.1 Å². The number of hydrogen-bond donors (Lipinski definition) is 2. The zero-order valence-electron chi connectivity index (χ0n) is 17.3. The molecule has 3 aromatic carbocycles. The molecule has 0 saturated heterocycles. The SMILES string of the molecule is COc1ccc(CCn2c(NC(=O)Nc3ccc(F)cc3)c3ccccc3nc2=O)cc1. The number of hydrogen-bond acceptors (Lipinski definition) is 4. The largest absolute Gasteiger partial charge is 0.497 e. The van der Waals surface area contributed by atoms with Crippen LogP contribution in [0.25, 0.3) is 10.9 Å². The Kier molecular flexibility index (Phi) is 6.12. The monoisotopic (exact) mass is 432 g/mol. The molecule has 0 aliphatic rings. The number of aromatic nitrogens is 2. The number of carbonyl (C=O) groups is 1. The van der Waals surface area contributed by atoms with Crippen LogP contribution in [0.4, 0.5) is 20.7 Å². The minimum atomic E-state index is -0.550. The van der Waals surface area contributed by atoms with Crippen molar-refractivity contribution in [2.45, 2.75) is 13.0 Å². The van der Waals surface area contributed by atoms with Crippen LogP contribution >= 0.6 is 0 Å². The number of halogens is 1. The first kappa shape index (κ1) is 21.0. The molecule has 32 heavy (non-hydrogen) atoms.